The molecule has 0 N–H and O–H groups in total. The molecule has 7 heteroatoms. The zero-order chi connectivity index (χ0) is 18.9. The molecule has 0 radical (unpaired) electrons. The van der Waals surface area contributed by atoms with Gasteiger partial charge >= 0.3 is 0 Å². The van der Waals surface area contributed by atoms with Crippen LogP contribution in [0, 0.1) is 5.92 Å². The molecule has 144 valence electrons. The molecule has 0 aliphatic carbocycles. The van der Waals surface area contributed by atoms with Gasteiger partial charge in [0.25, 0.3) is 0 Å². The van der Waals surface area contributed by atoms with E-state index < -0.39 is 25.0 Å². The average molecular weight is 393 g/mol. The van der Waals surface area contributed by atoms with Gasteiger partial charge in [0.1, 0.15) is 6.10 Å². The number of rotatable bonds is 7. The Morgan fingerprint density at radius 2 is 1.12 bits per heavy atom. The molecule has 1 saturated heterocycles. The van der Waals surface area contributed by atoms with Gasteiger partial charge in [0.2, 0.25) is 0 Å². The summed E-state index contributed by atoms with van der Waals surface area (Å²) >= 11 is 0. The van der Waals surface area contributed by atoms with E-state index >= 15 is 0 Å². The Balaban J connectivity index is 3.18. The average Bonchev–Trinajstić information content (AvgIpc) is 2.32. The lowest BCUT2D eigenvalue weighted by Crippen LogP contribution is -2.61. The summed E-state index contributed by atoms with van der Waals surface area (Å²) in [5.41, 5.74) is 0. The Kier molecular flexibility index (Phi) is 7.53. The van der Waals surface area contributed by atoms with Crippen molar-refractivity contribution in [3.05, 3.63) is 0 Å². The maximum Gasteiger partial charge on any atom is 0.187 e. The van der Waals surface area contributed by atoms with Crippen LogP contribution in [0.1, 0.15) is 20.3 Å². The molecular weight excluding hydrogens is 352 g/mol. The molecule has 1 rings (SSSR count). The van der Waals surface area contributed by atoms with Crippen LogP contribution in [0.4, 0.5) is 0 Å². The first-order chi connectivity index (χ1) is 10.6. The number of hydrogen-bond donors (Lipinski definition) is 0. The van der Waals surface area contributed by atoms with Gasteiger partial charge in [-0.2, -0.15) is 0 Å². The minimum Gasteiger partial charge on any atom is -0.412 e. The third-order valence-corrected chi connectivity index (χ3v) is 6.75. The van der Waals surface area contributed by atoms with E-state index in [2.05, 4.69) is 72.8 Å². The maximum atomic E-state index is 6.62. The molecule has 1 heterocycles. The van der Waals surface area contributed by atoms with Gasteiger partial charge in [-0.25, -0.2) is 0 Å². The highest BCUT2D eigenvalue weighted by atomic mass is 28.4. The van der Waals surface area contributed by atoms with Crippen LogP contribution in [0.25, 0.3) is 0 Å². The summed E-state index contributed by atoms with van der Waals surface area (Å²) in [7, 11) is -5.20. The molecule has 1 aliphatic heterocycles. The first-order valence-corrected chi connectivity index (χ1v) is 19.5. The van der Waals surface area contributed by atoms with Crippen molar-refractivity contribution in [2.45, 2.75) is 104 Å². The standard InChI is InChI=1S/C17H40O4Si3/c1-12-14-13(2)15(19-22(3,4)5)16(20-23(6,7)8)17(18-14)21-24(9,10)11/h13-17H,12H2,1-11H3/t13-,14-,15+,16-,17+/m1/s1. The van der Waals surface area contributed by atoms with Gasteiger partial charge < -0.3 is 18.0 Å². The summed E-state index contributed by atoms with van der Waals surface area (Å²) in [5.74, 6) is 0.310. The summed E-state index contributed by atoms with van der Waals surface area (Å²) in [6.45, 7) is 24.4. The molecule has 0 bridgehead atoms. The van der Waals surface area contributed by atoms with Gasteiger partial charge in [-0.1, -0.05) is 13.8 Å². The lowest BCUT2D eigenvalue weighted by molar-refractivity contribution is -0.250. The quantitative estimate of drug-likeness (QED) is 0.568. The van der Waals surface area contributed by atoms with Gasteiger partial charge in [-0.15, -0.1) is 0 Å². The fraction of sp³-hybridized carbons (Fsp3) is 1.00. The van der Waals surface area contributed by atoms with Crippen LogP contribution in [-0.4, -0.2) is 49.6 Å². The molecule has 4 nitrogen and oxygen atoms in total. The van der Waals surface area contributed by atoms with E-state index in [1.54, 1.807) is 0 Å². The SMILES string of the molecule is CC[C@H]1O[C@@H](O[Si](C)(C)C)[C@H](O[Si](C)(C)C)[C@@H](O[Si](C)(C)C)[C@@H]1C. The molecule has 0 aromatic rings. The maximum absolute atomic E-state index is 6.62. The normalized spacial score (nSPS) is 32.9. The molecule has 24 heavy (non-hydrogen) atoms. The van der Waals surface area contributed by atoms with Crippen molar-refractivity contribution in [3.63, 3.8) is 0 Å². The third-order valence-electron chi connectivity index (χ3n) is 3.86. The zero-order valence-corrected chi connectivity index (χ0v) is 20.7. The van der Waals surface area contributed by atoms with Gasteiger partial charge in [-0.05, 0) is 65.3 Å². The monoisotopic (exact) mass is 392 g/mol. The molecule has 1 fully saturated rings. The summed E-state index contributed by atoms with van der Waals surface area (Å²) in [5, 5.41) is 0. The Morgan fingerprint density at radius 1 is 0.708 bits per heavy atom. The predicted octanol–water partition coefficient (Wildman–Crippen LogP) is 5.05. The van der Waals surface area contributed by atoms with Crippen molar-refractivity contribution < 1.29 is 18.0 Å². The Bertz CT molecular complexity index is 398. The first kappa shape index (κ1) is 22.5. The van der Waals surface area contributed by atoms with Gasteiger partial charge in [-0.3, -0.25) is 0 Å². The molecule has 0 spiro atoms. The summed E-state index contributed by atoms with van der Waals surface area (Å²) < 4.78 is 26.0. The van der Waals surface area contributed by atoms with Crippen molar-refractivity contribution >= 4 is 25.0 Å². The van der Waals surface area contributed by atoms with Gasteiger partial charge in [0, 0.05) is 5.92 Å². The van der Waals surface area contributed by atoms with E-state index in [1.807, 2.05) is 0 Å². The van der Waals surface area contributed by atoms with Crippen LogP contribution >= 0.6 is 0 Å². The Morgan fingerprint density at radius 3 is 1.50 bits per heavy atom. The molecular formula is C17H40O4Si3. The van der Waals surface area contributed by atoms with Crippen LogP contribution in [0.3, 0.4) is 0 Å². The lowest BCUT2D eigenvalue weighted by atomic mass is 9.89. The molecule has 0 unspecified atom stereocenters. The Hall–Kier alpha value is 0.491. The van der Waals surface area contributed by atoms with Crippen LogP contribution in [0.5, 0.6) is 0 Å². The first-order valence-electron chi connectivity index (χ1n) is 9.32. The van der Waals surface area contributed by atoms with Crippen molar-refractivity contribution in [1.29, 1.82) is 0 Å². The van der Waals surface area contributed by atoms with Crippen molar-refractivity contribution in [2.24, 2.45) is 5.92 Å². The largest absolute Gasteiger partial charge is 0.412 e. The van der Waals surface area contributed by atoms with Crippen LogP contribution < -0.4 is 0 Å². The Labute approximate surface area is 153 Å². The molecule has 5 atom stereocenters. The van der Waals surface area contributed by atoms with Crippen LogP contribution in [0.15, 0.2) is 0 Å². The van der Waals surface area contributed by atoms with Crippen molar-refractivity contribution in [3.8, 4) is 0 Å². The zero-order valence-electron chi connectivity index (χ0n) is 17.7. The molecule has 0 saturated carbocycles. The molecule has 0 amide bonds. The molecule has 0 aromatic carbocycles. The van der Waals surface area contributed by atoms with Crippen LogP contribution in [-0.2, 0) is 18.0 Å². The second-order valence-corrected chi connectivity index (χ2v) is 23.3. The van der Waals surface area contributed by atoms with E-state index in [0.717, 1.165) is 6.42 Å². The highest BCUT2D eigenvalue weighted by Gasteiger charge is 2.48. The fourth-order valence-corrected chi connectivity index (χ4v) is 6.18. The summed E-state index contributed by atoms with van der Waals surface area (Å²) in [6, 6.07) is 0. The third kappa shape index (κ3) is 7.39. The number of hydrogen-bond acceptors (Lipinski definition) is 4. The smallest absolute Gasteiger partial charge is 0.187 e. The van der Waals surface area contributed by atoms with Crippen molar-refractivity contribution in [1.82, 2.24) is 0 Å². The fourth-order valence-electron chi connectivity index (χ4n) is 3.06. The van der Waals surface area contributed by atoms with E-state index in [1.165, 1.54) is 0 Å². The lowest BCUT2D eigenvalue weighted by Gasteiger charge is -2.50. The minimum absolute atomic E-state index is 0.0449. The van der Waals surface area contributed by atoms with Gasteiger partial charge in [0.15, 0.2) is 31.2 Å². The van der Waals surface area contributed by atoms with Crippen molar-refractivity contribution in [2.75, 3.05) is 0 Å². The van der Waals surface area contributed by atoms with Crippen LogP contribution in [0.2, 0.25) is 58.9 Å². The highest BCUT2D eigenvalue weighted by molar-refractivity contribution is 6.70. The second-order valence-electron chi connectivity index (χ2n) is 9.93. The van der Waals surface area contributed by atoms with E-state index in [0.29, 0.717) is 5.92 Å². The summed E-state index contributed by atoms with van der Waals surface area (Å²) in [6.07, 6.45) is 0.731. The summed E-state index contributed by atoms with van der Waals surface area (Å²) in [4.78, 5) is 0. The second kappa shape index (κ2) is 8.02. The van der Waals surface area contributed by atoms with E-state index in [-0.39, 0.29) is 24.6 Å². The molecule has 1 aliphatic rings. The molecule has 0 aromatic heterocycles. The minimum atomic E-state index is -1.75. The van der Waals surface area contributed by atoms with E-state index in [9.17, 15) is 0 Å². The topological polar surface area (TPSA) is 36.9 Å². The van der Waals surface area contributed by atoms with Gasteiger partial charge in [0.05, 0.1) is 12.2 Å². The highest BCUT2D eigenvalue weighted by Crippen LogP contribution is 2.36. The number of ether oxygens (including phenoxy) is 1. The predicted molar refractivity (Wildman–Crippen MR) is 109 cm³/mol. The van der Waals surface area contributed by atoms with E-state index in [4.69, 9.17) is 18.0 Å².